The van der Waals surface area contributed by atoms with Gasteiger partial charge >= 0.3 is 0 Å². The summed E-state index contributed by atoms with van der Waals surface area (Å²) in [6, 6.07) is 4.49. The van der Waals surface area contributed by atoms with E-state index in [1.165, 1.54) is 6.07 Å². The van der Waals surface area contributed by atoms with E-state index in [-0.39, 0.29) is 22.9 Å². The number of hydrogen-bond donors (Lipinski definition) is 1. The fraction of sp³-hybridized carbons (Fsp3) is 0.500. The van der Waals surface area contributed by atoms with Crippen molar-refractivity contribution in [3.05, 3.63) is 34.1 Å². The Morgan fingerprint density at radius 2 is 2.05 bits per heavy atom. The second-order valence-electron chi connectivity index (χ2n) is 5.47. The standard InChI is InChI=1S/C14H18Br2FNO/c1-14(2,3)11(7-8-15)18-13(19)12-9(16)5-4-6-10(12)17/h4-6,11H,7-8H2,1-3H3,(H,18,19). The van der Waals surface area contributed by atoms with Crippen molar-refractivity contribution in [3.8, 4) is 0 Å². The van der Waals surface area contributed by atoms with Crippen LogP contribution in [0.1, 0.15) is 37.6 Å². The zero-order valence-corrected chi connectivity index (χ0v) is 14.4. The first-order chi connectivity index (χ1) is 8.77. The number of benzene rings is 1. The molecule has 0 fully saturated rings. The maximum atomic E-state index is 13.7. The lowest BCUT2D eigenvalue weighted by atomic mass is 9.85. The summed E-state index contributed by atoms with van der Waals surface area (Å²) < 4.78 is 14.2. The Hall–Kier alpha value is -0.420. The molecule has 1 aromatic carbocycles. The summed E-state index contributed by atoms with van der Waals surface area (Å²) in [5.41, 5.74) is -0.0208. The molecule has 5 heteroatoms. The number of amides is 1. The minimum atomic E-state index is -0.515. The van der Waals surface area contributed by atoms with Crippen LogP contribution in [-0.2, 0) is 0 Å². The molecule has 0 radical (unpaired) electrons. The van der Waals surface area contributed by atoms with Gasteiger partial charge in [0.05, 0.1) is 5.56 Å². The van der Waals surface area contributed by atoms with E-state index in [0.29, 0.717) is 4.47 Å². The average Bonchev–Trinajstić information content (AvgIpc) is 2.27. The first kappa shape index (κ1) is 16.6. The summed E-state index contributed by atoms with van der Waals surface area (Å²) in [5, 5.41) is 3.70. The molecule has 0 heterocycles. The Morgan fingerprint density at radius 3 is 2.53 bits per heavy atom. The van der Waals surface area contributed by atoms with Crippen LogP contribution in [0.25, 0.3) is 0 Å². The fourth-order valence-corrected chi connectivity index (χ4v) is 2.76. The molecule has 1 unspecified atom stereocenters. The van der Waals surface area contributed by atoms with Gasteiger partial charge in [-0.05, 0) is 39.9 Å². The van der Waals surface area contributed by atoms with Crippen molar-refractivity contribution < 1.29 is 9.18 Å². The van der Waals surface area contributed by atoms with E-state index in [2.05, 4.69) is 57.9 Å². The molecule has 1 aromatic rings. The lowest BCUT2D eigenvalue weighted by Gasteiger charge is -2.31. The monoisotopic (exact) mass is 393 g/mol. The molecule has 106 valence electrons. The minimum Gasteiger partial charge on any atom is -0.349 e. The summed E-state index contributed by atoms with van der Waals surface area (Å²) in [4.78, 5) is 12.2. The Morgan fingerprint density at radius 1 is 1.42 bits per heavy atom. The van der Waals surface area contributed by atoms with Gasteiger partial charge in [0, 0.05) is 15.8 Å². The lowest BCUT2D eigenvalue weighted by molar-refractivity contribution is 0.0895. The van der Waals surface area contributed by atoms with E-state index in [4.69, 9.17) is 0 Å². The molecule has 0 aliphatic carbocycles. The number of alkyl halides is 1. The van der Waals surface area contributed by atoms with Gasteiger partial charge in [0.1, 0.15) is 5.82 Å². The zero-order valence-electron chi connectivity index (χ0n) is 11.3. The molecule has 0 aliphatic rings. The largest absolute Gasteiger partial charge is 0.349 e. The van der Waals surface area contributed by atoms with E-state index in [9.17, 15) is 9.18 Å². The number of carbonyl (C=O) groups is 1. The second-order valence-corrected chi connectivity index (χ2v) is 7.11. The molecule has 0 spiro atoms. The van der Waals surface area contributed by atoms with Gasteiger partial charge in [-0.2, -0.15) is 0 Å². The molecule has 1 amide bonds. The molecule has 2 nitrogen and oxygen atoms in total. The summed E-state index contributed by atoms with van der Waals surface area (Å²) in [7, 11) is 0. The van der Waals surface area contributed by atoms with Crippen LogP contribution in [0.15, 0.2) is 22.7 Å². The van der Waals surface area contributed by atoms with Crippen LogP contribution in [0.2, 0.25) is 0 Å². The highest BCUT2D eigenvalue weighted by Gasteiger charge is 2.27. The molecule has 0 aromatic heterocycles. The average molecular weight is 395 g/mol. The van der Waals surface area contributed by atoms with Crippen LogP contribution in [0.5, 0.6) is 0 Å². The van der Waals surface area contributed by atoms with Gasteiger partial charge in [0.15, 0.2) is 0 Å². The molecular formula is C14H18Br2FNO. The molecule has 0 saturated heterocycles. The molecular weight excluding hydrogens is 377 g/mol. The Labute approximate surface area is 130 Å². The van der Waals surface area contributed by atoms with E-state index >= 15 is 0 Å². The van der Waals surface area contributed by atoms with E-state index in [1.54, 1.807) is 12.1 Å². The first-order valence-electron chi connectivity index (χ1n) is 6.08. The molecule has 1 N–H and O–H groups in total. The first-order valence-corrected chi connectivity index (χ1v) is 7.99. The van der Waals surface area contributed by atoms with Crippen LogP contribution in [-0.4, -0.2) is 17.3 Å². The number of rotatable bonds is 4. The van der Waals surface area contributed by atoms with Gasteiger partial charge in [-0.25, -0.2) is 4.39 Å². The Balaban J connectivity index is 2.95. The number of nitrogens with one attached hydrogen (secondary N) is 1. The smallest absolute Gasteiger partial charge is 0.255 e. The minimum absolute atomic E-state index is 0.0223. The van der Waals surface area contributed by atoms with Crippen LogP contribution in [0.3, 0.4) is 0 Å². The summed E-state index contributed by atoms with van der Waals surface area (Å²) >= 11 is 6.60. The maximum absolute atomic E-state index is 13.7. The molecule has 19 heavy (non-hydrogen) atoms. The van der Waals surface area contributed by atoms with Crippen molar-refractivity contribution in [2.75, 3.05) is 5.33 Å². The van der Waals surface area contributed by atoms with Gasteiger partial charge in [0.25, 0.3) is 5.91 Å². The van der Waals surface area contributed by atoms with E-state index < -0.39 is 5.82 Å². The number of carbonyl (C=O) groups excluding carboxylic acids is 1. The van der Waals surface area contributed by atoms with Crippen molar-refractivity contribution in [1.82, 2.24) is 5.32 Å². The predicted molar refractivity (Wildman–Crippen MR) is 83.2 cm³/mol. The highest BCUT2D eigenvalue weighted by molar-refractivity contribution is 9.10. The lowest BCUT2D eigenvalue weighted by Crippen LogP contribution is -2.44. The van der Waals surface area contributed by atoms with Crippen molar-refractivity contribution in [3.63, 3.8) is 0 Å². The van der Waals surface area contributed by atoms with E-state index in [1.807, 2.05) is 0 Å². The topological polar surface area (TPSA) is 29.1 Å². The quantitative estimate of drug-likeness (QED) is 0.747. The zero-order chi connectivity index (χ0) is 14.6. The maximum Gasteiger partial charge on any atom is 0.255 e. The van der Waals surface area contributed by atoms with E-state index in [0.717, 1.165) is 11.8 Å². The van der Waals surface area contributed by atoms with Gasteiger partial charge < -0.3 is 5.32 Å². The molecule has 0 aliphatic heterocycles. The van der Waals surface area contributed by atoms with Crippen molar-refractivity contribution in [2.24, 2.45) is 5.41 Å². The summed E-state index contributed by atoms with van der Waals surface area (Å²) in [6.07, 6.45) is 0.793. The van der Waals surface area contributed by atoms with Crippen molar-refractivity contribution >= 4 is 37.8 Å². The third-order valence-electron chi connectivity index (χ3n) is 2.94. The highest BCUT2D eigenvalue weighted by atomic mass is 79.9. The van der Waals surface area contributed by atoms with Crippen LogP contribution < -0.4 is 5.32 Å². The van der Waals surface area contributed by atoms with Crippen LogP contribution >= 0.6 is 31.9 Å². The van der Waals surface area contributed by atoms with Crippen LogP contribution in [0, 0.1) is 11.2 Å². The van der Waals surface area contributed by atoms with Crippen molar-refractivity contribution in [2.45, 2.75) is 33.2 Å². The molecule has 0 saturated carbocycles. The molecule has 1 atom stereocenters. The Kier molecular flexibility index (Phi) is 5.99. The predicted octanol–water partition coefficient (Wildman–Crippen LogP) is 4.52. The third-order valence-corrected chi connectivity index (χ3v) is 4.06. The van der Waals surface area contributed by atoms with Crippen molar-refractivity contribution in [1.29, 1.82) is 0 Å². The molecule has 0 bridgehead atoms. The Bertz CT molecular complexity index is 437. The number of hydrogen-bond acceptors (Lipinski definition) is 1. The van der Waals surface area contributed by atoms with Gasteiger partial charge in [-0.1, -0.05) is 42.8 Å². The van der Waals surface area contributed by atoms with Gasteiger partial charge in [0.2, 0.25) is 0 Å². The normalized spacial score (nSPS) is 13.2. The van der Waals surface area contributed by atoms with Crippen LogP contribution in [0.4, 0.5) is 4.39 Å². The SMILES string of the molecule is CC(C)(C)C(CCBr)NC(=O)c1c(F)cccc1Br. The fourth-order valence-electron chi connectivity index (χ4n) is 1.78. The molecule has 1 rings (SSSR count). The van der Waals surface area contributed by atoms with Gasteiger partial charge in [-0.15, -0.1) is 0 Å². The summed E-state index contributed by atoms with van der Waals surface area (Å²) in [5.74, 6) is -0.899. The second kappa shape index (κ2) is 6.84. The number of halogens is 3. The van der Waals surface area contributed by atoms with Gasteiger partial charge in [-0.3, -0.25) is 4.79 Å². The third kappa shape index (κ3) is 4.56. The highest BCUT2D eigenvalue weighted by Crippen LogP contribution is 2.25. The summed E-state index contributed by atoms with van der Waals surface area (Å²) in [6.45, 7) is 6.16.